The number of benzene rings is 3. The Bertz CT molecular complexity index is 1730. The van der Waals surface area contributed by atoms with E-state index in [0.717, 1.165) is 56.4 Å². The lowest BCUT2D eigenvalue weighted by atomic mass is 9.76. The highest BCUT2D eigenvalue weighted by Gasteiger charge is 2.43. The summed E-state index contributed by atoms with van der Waals surface area (Å²) in [6.45, 7) is 9.58. The molecule has 0 bridgehead atoms. The third-order valence-corrected chi connectivity index (χ3v) is 11.7. The fourth-order valence-electron chi connectivity index (χ4n) is 7.97. The highest BCUT2D eigenvalue weighted by atomic mass is 35.5. The standard InChI is InChI=1S/C40H49Cl2N5O5/c1-29(2)52-33-10-6-7-30(25-33)37(50)47-20-14-39(28-47,32-11-12-34(41)35(42)26-32)13-17-44-18-15-40(16-19-44,31-8-4-3-5-9-31)43-38(51)46-23-21-45(22-24-46)27-36(48)49/h3-12,25-26,29H,13-24,27-28H2,1-2H3,(H,43,51)(H,48,49). The third-order valence-electron chi connectivity index (χ3n) is 10.9. The average molecular weight is 751 g/mol. The quantitative estimate of drug-likeness (QED) is 0.235. The first-order valence-corrected chi connectivity index (χ1v) is 19.0. The molecule has 278 valence electrons. The molecule has 3 aromatic rings. The molecular weight excluding hydrogens is 701 g/mol. The van der Waals surface area contributed by atoms with Gasteiger partial charge in [-0.3, -0.25) is 14.5 Å². The number of nitrogens with zero attached hydrogens (tertiary/aromatic N) is 4. The van der Waals surface area contributed by atoms with E-state index in [-0.39, 0.29) is 30.0 Å². The van der Waals surface area contributed by atoms with Crippen molar-refractivity contribution in [3.8, 4) is 5.75 Å². The van der Waals surface area contributed by atoms with Crippen molar-refractivity contribution in [1.82, 2.24) is 24.9 Å². The van der Waals surface area contributed by atoms with Gasteiger partial charge in [0.2, 0.25) is 0 Å². The summed E-state index contributed by atoms with van der Waals surface area (Å²) in [6, 6.07) is 23.4. The predicted molar refractivity (Wildman–Crippen MR) is 203 cm³/mol. The van der Waals surface area contributed by atoms with E-state index in [1.807, 2.05) is 84.3 Å². The number of urea groups is 1. The monoisotopic (exact) mass is 749 g/mol. The first kappa shape index (κ1) is 37.9. The molecule has 0 radical (unpaired) electrons. The van der Waals surface area contributed by atoms with Crippen LogP contribution in [-0.4, -0.2) is 114 Å². The average Bonchev–Trinajstić information content (AvgIpc) is 3.58. The second-order valence-corrected chi connectivity index (χ2v) is 15.5. The van der Waals surface area contributed by atoms with Gasteiger partial charge < -0.3 is 29.9 Å². The van der Waals surface area contributed by atoms with Crippen molar-refractivity contribution in [3.63, 3.8) is 0 Å². The molecule has 3 saturated heterocycles. The number of piperidine rings is 1. The normalized spacial score (nSPS) is 20.9. The Morgan fingerprint density at radius 3 is 2.19 bits per heavy atom. The number of rotatable bonds is 11. The number of amides is 3. The summed E-state index contributed by atoms with van der Waals surface area (Å²) in [5.41, 5.74) is 1.97. The van der Waals surface area contributed by atoms with Gasteiger partial charge in [0.15, 0.2) is 0 Å². The maximum Gasteiger partial charge on any atom is 0.318 e. The Kier molecular flexibility index (Phi) is 12.0. The van der Waals surface area contributed by atoms with Crippen LogP contribution in [0.3, 0.4) is 0 Å². The van der Waals surface area contributed by atoms with E-state index in [9.17, 15) is 14.4 Å². The van der Waals surface area contributed by atoms with E-state index in [2.05, 4.69) is 22.3 Å². The van der Waals surface area contributed by atoms with Gasteiger partial charge in [0.1, 0.15) is 5.75 Å². The fourth-order valence-corrected chi connectivity index (χ4v) is 8.27. The number of ether oxygens (including phenoxy) is 1. The van der Waals surface area contributed by atoms with E-state index in [1.165, 1.54) is 0 Å². The van der Waals surface area contributed by atoms with Crippen LogP contribution in [0.5, 0.6) is 5.75 Å². The minimum atomic E-state index is -0.854. The van der Waals surface area contributed by atoms with Crippen molar-refractivity contribution < 1.29 is 24.2 Å². The molecule has 3 heterocycles. The van der Waals surface area contributed by atoms with Gasteiger partial charge in [-0.15, -0.1) is 0 Å². The number of halogens is 2. The molecule has 3 aliphatic rings. The highest BCUT2D eigenvalue weighted by Crippen LogP contribution is 2.42. The van der Waals surface area contributed by atoms with Gasteiger partial charge >= 0.3 is 12.0 Å². The zero-order chi connectivity index (χ0) is 36.9. The summed E-state index contributed by atoms with van der Waals surface area (Å²) >= 11 is 12.9. The number of carbonyl (C=O) groups excluding carboxylic acids is 2. The number of carboxylic acids is 1. The molecule has 0 aliphatic carbocycles. The summed E-state index contributed by atoms with van der Waals surface area (Å²) in [5.74, 6) is -0.185. The lowest BCUT2D eigenvalue weighted by molar-refractivity contribution is -0.138. The Balaban J connectivity index is 1.14. The van der Waals surface area contributed by atoms with E-state index in [0.29, 0.717) is 60.6 Å². The van der Waals surface area contributed by atoms with Crippen LogP contribution in [0.15, 0.2) is 72.8 Å². The van der Waals surface area contributed by atoms with E-state index in [4.69, 9.17) is 33.0 Å². The Morgan fingerprint density at radius 2 is 1.52 bits per heavy atom. The molecule has 1 atom stereocenters. The van der Waals surface area contributed by atoms with Gasteiger partial charge in [0.25, 0.3) is 5.91 Å². The van der Waals surface area contributed by atoms with Crippen LogP contribution in [0.1, 0.15) is 61.0 Å². The van der Waals surface area contributed by atoms with E-state index < -0.39 is 11.5 Å². The van der Waals surface area contributed by atoms with Crippen molar-refractivity contribution in [3.05, 3.63) is 99.5 Å². The third kappa shape index (κ3) is 8.85. The lowest BCUT2D eigenvalue weighted by Crippen LogP contribution is -2.59. The number of nitrogens with one attached hydrogen (secondary N) is 1. The predicted octanol–water partition coefficient (Wildman–Crippen LogP) is 6.36. The summed E-state index contributed by atoms with van der Waals surface area (Å²) < 4.78 is 5.87. The second kappa shape index (κ2) is 16.5. The van der Waals surface area contributed by atoms with Crippen molar-refractivity contribution >= 4 is 41.1 Å². The van der Waals surface area contributed by atoms with Crippen molar-refractivity contribution in [2.45, 2.75) is 56.6 Å². The molecule has 12 heteroatoms. The van der Waals surface area contributed by atoms with Gasteiger partial charge in [-0.05, 0) is 87.5 Å². The molecule has 3 fully saturated rings. The maximum absolute atomic E-state index is 13.8. The van der Waals surface area contributed by atoms with Gasteiger partial charge in [0, 0.05) is 63.3 Å². The molecule has 3 aliphatic heterocycles. The van der Waals surface area contributed by atoms with Gasteiger partial charge in [-0.2, -0.15) is 0 Å². The molecule has 3 amide bonds. The number of aliphatic carboxylic acids is 1. The molecule has 52 heavy (non-hydrogen) atoms. The summed E-state index contributed by atoms with van der Waals surface area (Å²) in [4.78, 5) is 46.8. The van der Waals surface area contributed by atoms with Crippen LogP contribution in [0, 0.1) is 0 Å². The van der Waals surface area contributed by atoms with E-state index in [1.54, 1.807) is 4.90 Å². The van der Waals surface area contributed by atoms with Crippen molar-refractivity contribution in [1.29, 1.82) is 0 Å². The van der Waals surface area contributed by atoms with E-state index >= 15 is 0 Å². The molecule has 0 aromatic heterocycles. The number of likely N-dealkylation sites (tertiary alicyclic amines) is 2. The Morgan fingerprint density at radius 1 is 0.788 bits per heavy atom. The Hall–Kier alpha value is -3.83. The van der Waals surface area contributed by atoms with Gasteiger partial charge in [-0.1, -0.05) is 65.7 Å². The van der Waals surface area contributed by atoms with Crippen LogP contribution in [0.25, 0.3) is 0 Å². The SMILES string of the molecule is CC(C)Oc1cccc(C(=O)N2CCC(CCN3CCC(NC(=O)N4CCN(CC(=O)O)CC4)(c4ccccc4)CC3)(c3ccc(Cl)c(Cl)c3)C2)c1. The summed E-state index contributed by atoms with van der Waals surface area (Å²) in [6.07, 6.45) is 3.14. The molecule has 6 rings (SSSR count). The van der Waals surface area contributed by atoms with Gasteiger partial charge in [0.05, 0.1) is 28.2 Å². The number of carbonyl (C=O) groups is 3. The fraction of sp³-hybridized carbons (Fsp3) is 0.475. The first-order chi connectivity index (χ1) is 24.9. The molecule has 0 spiro atoms. The second-order valence-electron chi connectivity index (χ2n) is 14.7. The van der Waals surface area contributed by atoms with Crippen molar-refractivity contribution in [2.24, 2.45) is 0 Å². The van der Waals surface area contributed by atoms with Crippen LogP contribution >= 0.6 is 23.2 Å². The van der Waals surface area contributed by atoms with Crippen LogP contribution in [-0.2, 0) is 15.7 Å². The largest absolute Gasteiger partial charge is 0.491 e. The molecule has 1 unspecified atom stereocenters. The minimum absolute atomic E-state index is 0.0105. The highest BCUT2D eigenvalue weighted by molar-refractivity contribution is 6.42. The first-order valence-electron chi connectivity index (χ1n) is 18.3. The smallest absolute Gasteiger partial charge is 0.318 e. The van der Waals surface area contributed by atoms with Crippen LogP contribution in [0.4, 0.5) is 4.79 Å². The molecule has 0 saturated carbocycles. The number of carboxylic acid groups (broad SMARTS) is 1. The molecular formula is C40H49Cl2N5O5. The molecule has 3 aromatic carbocycles. The minimum Gasteiger partial charge on any atom is -0.491 e. The number of hydrogen-bond acceptors (Lipinski definition) is 6. The van der Waals surface area contributed by atoms with Crippen molar-refractivity contribution in [2.75, 3.05) is 65.4 Å². The number of piperazine rings is 1. The topological polar surface area (TPSA) is 106 Å². The Labute approximate surface area is 316 Å². The van der Waals surface area contributed by atoms with Crippen LogP contribution in [0.2, 0.25) is 10.0 Å². The van der Waals surface area contributed by atoms with Gasteiger partial charge in [-0.25, -0.2) is 4.79 Å². The lowest BCUT2D eigenvalue weighted by Gasteiger charge is -2.45. The zero-order valence-corrected chi connectivity index (χ0v) is 31.5. The zero-order valence-electron chi connectivity index (χ0n) is 30.0. The summed E-state index contributed by atoms with van der Waals surface area (Å²) in [5, 5.41) is 13.6. The maximum atomic E-state index is 13.8. The molecule has 10 nitrogen and oxygen atoms in total. The van der Waals surface area contributed by atoms with Crippen LogP contribution < -0.4 is 10.1 Å². The number of hydrogen-bond donors (Lipinski definition) is 2. The molecule has 2 N–H and O–H groups in total. The summed E-state index contributed by atoms with van der Waals surface area (Å²) in [7, 11) is 0.